The normalized spacial score (nSPS) is 54.9. The number of fused-ring (bicyclic) bond motifs is 3. The van der Waals surface area contributed by atoms with Gasteiger partial charge in [0.1, 0.15) is 0 Å². The Morgan fingerprint density at radius 2 is 1.65 bits per heavy atom. The smallest absolute Gasteiger partial charge is 0.0254 e. The van der Waals surface area contributed by atoms with Crippen LogP contribution in [-0.4, -0.2) is 24.7 Å². The van der Waals surface area contributed by atoms with Gasteiger partial charge >= 0.3 is 0 Å². The molecule has 3 aliphatic rings. The third-order valence-electron chi connectivity index (χ3n) is 5.92. The highest BCUT2D eigenvalue weighted by Gasteiger charge is 2.46. The average molecular weight is 236 g/mol. The molecule has 3 fully saturated rings. The molecule has 0 amide bonds. The van der Waals surface area contributed by atoms with Gasteiger partial charge in [0.05, 0.1) is 0 Å². The second kappa shape index (κ2) is 4.55. The molecule has 2 heteroatoms. The fourth-order valence-corrected chi connectivity index (χ4v) is 4.56. The van der Waals surface area contributed by atoms with Crippen LogP contribution in [0.15, 0.2) is 0 Å². The van der Waals surface area contributed by atoms with Gasteiger partial charge in [0, 0.05) is 18.1 Å². The Bertz CT molecular complexity index is 278. The fraction of sp³-hybridized carbons (Fsp3) is 1.00. The number of hydrogen-bond acceptors (Lipinski definition) is 2. The van der Waals surface area contributed by atoms with Gasteiger partial charge in [0.15, 0.2) is 0 Å². The fourth-order valence-electron chi connectivity index (χ4n) is 4.56. The van der Waals surface area contributed by atoms with E-state index in [0.29, 0.717) is 0 Å². The molecule has 0 radical (unpaired) electrons. The molecular formula is C15H28N2. The molecular weight excluding hydrogens is 208 g/mol. The molecule has 0 aromatic carbocycles. The zero-order valence-corrected chi connectivity index (χ0v) is 11.6. The summed E-state index contributed by atoms with van der Waals surface area (Å²) in [4.78, 5) is 0. The van der Waals surface area contributed by atoms with Crippen molar-refractivity contribution in [3.8, 4) is 0 Å². The van der Waals surface area contributed by atoms with Crippen LogP contribution in [0.25, 0.3) is 0 Å². The van der Waals surface area contributed by atoms with E-state index in [4.69, 9.17) is 0 Å². The molecule has 2 nitrogen and oxygen atoms in total. The number of rotatable bonds is 0. The second-order valence-corrected chi connectivity index (χ2v) is 6.94. The lowest BCUT2D eigenvalue weighted by Crippen LogP contribution is -2.65. The summed E-state index contributed by atoms with van der Waals surface area (Å²) in [6, 6.07) is 2.24. The summed E-state index contributed by atoms with van der Waals surface area (Å²) in [7, 11) is 0. The first-order valence-electron chi connectivity index (χ1n) is 7.66. The van der Waals surface area contributed by atoms with Crippen LogP contribution < -0.4 is 10.6 Å². The SMILES string of the molecule is CC1CCC2CCC3C(C)C(C)CNC3C2N1. The van der Waals surface area contributed by atoms with E-state index >= 15 is 0 Å². The van der Waals surface area contributed by atoms with Crippen LogP contribution in [0.4, 0.5) is 0 Å². The highest BCUT2D eigenvalue weighted by molar-refractivity contribution is 5.03. The van der Waals surface area contributed by atoms with E-state index in [9.17, 15) is 0 Å². The number of hydrogen-bond donors (Lipinski definition) is 2. The van der Waals surface area contributed by atoms with E-state index < -0.39 is 0 Å². The van der Waals surface area contributed by atoms with Gasteiger partial charge in [-0.1, -0.05) is 13.8 Å². The first-order chi connectivity index (χ1) is 8.16. The minimum absolute atomic E-state index is 0.728. The Balaban J connectivity index is 1.77. The molecule has 2 aliphatic heterocycles. The monoisotopic (exact) mass is 236 g/mol. The summed E-state index contributed by atoms with van der Waals surface area (Å²) >= 11 is 0. The van der Waals surface area contributed by atoms with E-state index in [1.807, 2.05) is 0 Å². The molecule has 2 heterocycles. The van der Waals surface area contributed by atoms with Gasteiger partial charge in [-0.15, -0.1) is 0 Å². The Hall–Kier alpha value is -0.0800. The van der Waals surface area contributed by atoms with Crippen LogP contribution in [0.2, 0.25) is 0 Å². The topological polar surface area (TPSA) is 24.1 Å². The first-order valence-corrected chi connectivity index (χ1v) is 7.66. The zero-order valence-electron chi connectivity index (χ0n) is 11.6. The van der Waals surface area contributed by atoms with Crippen LogP contribution in [0.1, 0.15) is 46.5 Å². The molecule has 2 N–H and O–H groups in total. The molecule has 0 bridgehead atoms. The maximum absolute atomic E-state index is 3.89. The lowest BCUT2D eigenvalue weighted by atomic mass is 9.63. The molecule has 7 unspecified atom stereocenters. The highest BCUT2D eigenvalue weighted by Crippen LogP contribution is 2.42. The molecule has 0 aromatic rings. The summed E-state index contributed by atoms with van der Waals surface area (Å²) in [5, 5.41) is 7.75. The van der Waals surface area contributed by atoms with Gasteiger partial charge < -0.3 is 10.6 Å². The van der Waals surface area contributed by atoms with Crippen molar-refractivity contribution in [2.24, 2.45) is 23.7 Å². The number of piperidine rings is 2. The summed E-state index contributed by atoms with van der Waals surface area (Å²) in [5.41, 5.74) is 0. The lowest BCUT2D eigenvalue weighted by Gasteiger charge is -2.53. The molecule has 98 valence electrons. The van der Waals surface area contributed by atoms with Gasteiger partial charge in [0.2, 0.25) is 0 Å². The van der Waals surface area contributed by atoms with Crippen LogP contribution in [0.3, 0.4) is 0 Å². The Labute approximate surface area is 106 Å². The van der Waals surface area contributed by atoms with Gasteiger partial charge in [-0.2, -0.15) is 0 Å². The van der Waals surface area contributed by atoms with Gasteiger partial charge in [0.25, 0.3) is 0 Å². The maximum Gasteiger partial charge on any atom is 0.0254 e. The van der Waals surface area contributed by atoms with Crippen molar-refractivity contribution in [3.05, 3.63) is 0 Å². The van der Waals surface area contributed by atoms with Crippen LogP contribution in [0, 0.1) is 23.7 Å². The van der Waals surface area contributed by atoms with E-state index in [0.717, 1.165) is 41.8 Å². The third kappa shape index (κ3) is 2.04. The standard InChI is InChI=1S/C15H28N2/c1-9-8-16-15-13(11(9)3)7-6-12-5-4-10(2)17-14(12)15/h9-17H,4-8H2,1-3H3. The summed E-state index contributed by atoms with van der Waals surface area (Å²) in [6.07, 6.45) is 5.75. The summed E-state index contributed by atoms with van der Waals surface area (Å²) in [6.45, 7) is 8.48. The lowest BCUT2D eigenvalue weighted by molar-refractivity contribution is 0.0323. The number of nitrogens with one attached hydrogen (secondary N) is 2. The van der Waals surface area contributed by atoms with Crippen molar-refractivity contribution in [1.29, 1.82) is 0 Å². The molecule has 0 spiro atoms. The van der Waals surface area contributed by atoms with Crippen LogP contribution in [-0.2, 0) is 0 Å². The molecule has 0 aromatic heterocycles. The van der Waals surface area contributed by atoms with E-state index in [-0.39, 0.29) is 0 Å². The van der Waals surface area contributed by atoms with E-state index in [1.54, 1.807) is 0 Å². The van der Waals surface area contributed by atoms with E-state index in [1.165, 1.54) is 32.2 Å². The molecule has 3 rings (SSSR count). The van der Waals surface area contributed by atoms with Gasteiger partial charge in [-0.25, -0.2) is 0 Å². The van der Waals surface area contributed by atoms with Gasteiger partial charge in [-0.3, -0.25) is 0 Å². The van der Waals surface area contributed by atoms with Crippen molar-refractivity contribution in [3.63, 3.8) is 0 Å². The largest absolute Gasteiger partial charge is 0.312 e. The van der Waals surface area contributed by atoms with Crippen LogP contribution in [0.5, 0.6) is 0 Å². The maximum atomic E-state index is 3.89. The Morgan fingerprint density at radius 3 is 2.47 bits per heavy atom. The molecule has 1 aliphatic carbocycles. The van der Waals surface area contributed by atoms with Crippen molar-refractivity contribution in [2.45, 2.75) is 64.6 Å². The third-order valence-corrected chi connectivity index (χ3v) is 5.92. The molecule has 17 heavy (non-hydrogen) atoms. The predicted octanol–water partition coefficient (Wildman–Crippen LogP) is 2.40. The summed E-state index contributed by atoms with van der Waals surface area (Å²) < 4.78 is 0. The van der Waals surface area contributed by atoms with Crippen molar-refractivity contribution in [2.75, 3.05) is 6.54 Å². The minimum Gasteiger partial charge on any atom is -0.312 e. The Kier molecular flexibility index (Phi) is 3.20. The van der Waals surface area contributed by atoms with Crippen LogP contribution >= 0.6 is 0 Å². The highest BCUT2D eigenvalue weighted by atomic mass is 15.1. The Morgan fingerprint density at radius 1 is 0.882 bits per heavy atom. The average Bonchev–Trinajstić information content (AvgIpc) is 2.33. The van der Waals surface area contributed by atoms with E-state index in [2.05, 4.69) is 31.4 Å². The summed E-state index contributed by atoms with van der Waals surface area (Å²) in [5.74, 6) is 3.62. The predicted molar refractivity (Wildman–Crippen MR) is 72.0 cm³/mol. The van der Waals surface area contributed by atoms with Crippen molar-refractivity contribution < 1.29 is 0 Å². The molecule has 7 atom stereocenters. The van der Waals surface area contributed by atoms with Crippen molar-refractivity contribution >= 4 is 0 Å². The second-order valence-electron chi connectivity index (χ2n) is 6.94. The quantitative estimate of drug-likeness (QED) is 0.675. The first kappa shape index (κ1) is 12.0. The van der Waals surface area contributed by atoms with Crippen molar-refractivity contribution in [1.82, 2.24) is 10.6 Å². The van der Waals surface area contributed by atoms with Gasteiger partial charge in [-0.05, 0) is 62.8 Å². The molecule has 1 saturated carbocycles. The molecule has 2 saturated heterocycles. The minimum atomic E-state index is 0.728. The zero-order chi connectivity index (χ0) is 12.0.